The van der Waals surface area contributed by atoms with Gasteiger partial charge in [-0.05, 0) is 37.1 Å². The number of hydrogen-bond acceptors (Lipinski definition) is 3. The third kappa shape index (κ3) is 2.95. The Kier molecular flexibility index (Phi) is 5.30. The largest absolute Gasteiger partial charge is 0.495 e. The molecule has 1 aromatic rings. The number of halogens is 1. The molecule has 0 amide bonds. The quantitative estimate of drug-likeness (QED) is 0.862. The number of ether oxygens (including phenoxy) is 2. The monoisotopic (exact) mass is 297 g/mol. The fourth-order valence-electron chi connectivity index (χ4n) is 3.25. The zero-order valence-electron chi connectivity index (χ0n) is 12.5. The van der Waals surface area contributed by atoms with Crippen LogP contribution < -0.4 is 10.1 Å². The average molecular weight is 298 g/mol. The van der Waals surface area contributed by atoms with Crippen LogP contribution in [0.1, 0.15) is 44.2 Å². The van der Waals surface area contributed by atoms with Gasteiger partial charge < -0.3 is 14.8 Å². The molecule has 20 heavy (non-hydrogen) atoms. The van der Waals surface area contributed by atoms with Crippen LogP contribution in [-0.2, 0) is 4.74 Å². The molecule has 0 radical (unpaired) electrons. The summed E-state index contributed by atoms with van der Waals surface area (Å²) in [6.45, 7) is 3.03. The zero-order chi connectivity index (χ0) is 14.6. The molecule has 0 spiro atoms. The molecule has 1 aliphatic carbocycles. The molecule has 1 aliphatic rings. The second-order valence-corrected chi connectivity index (χ2v) is 5.77. The van der Waals surface area contributed by atoms with Gasteiger partial charge in [-0.2, -0.15) is 0 Å². The van der Waals surface area contributed by atoms with Crippen LogP contribution in [0.25, 0.3) is 0 Å². The Labute approximate surface area is 126 Å². The summed E-state index contributed by atoms with van der Waals surface area (Å²) < 4.78 is 11.3. The molecule has 112 valence electrons. The highest BCUT2D eigenvalue weighted by molar-refractivity contribution is 6.32. The zero-order valence-corrected chi connectivity index (χ0v) is 13.3. The fraction of sp³-hybridized carbons (Fsp3) is 0.625. The first-order valence-electron chi connectivity index (χ1n) is 7.29. The van der Waals surface area contributed by atoms with Gasteiger partial charge in [-0.3, -0.25) is 0 Å². The lowest BCUT2D eigenvalue weighted by Gasteiger charge is -2.37. The molecule has 0 bridgehead atoms. The minimum absolute atomic E-state index is 0.116. The van der Waals surface area contributed by atoms with Gasteiger partial charge in [0, 0.05) is 7.11 Å². The molecule has 1 atom stereocenters. The molecule has 0 heterocycles. The summed E-state index contributed by atoms with van der Waals surface area (Å²) in [7, 11) is 3.47. The van der Waals surface area contributed by atoms with Crippen molar-refractivity contribution in [3.05, 3.63) is 28.8 Å². The van der Waals surface area contributed by atoms with E-state index in [1.165, 1.54) is 18.4 Å². The van der Waals surface area contributed by atoms with Crippen LogP contribution in [-0.4, -0.2) is 26.4 Å². The van der Waals surface area contributed by atoms with Gasteiger partial charge in [0.25, 0.3) is 0 Å². The normalized spacial score (nSPS) is 19.0. The number of likely N-dealkylation sites (N-methyl/N-ethyl adjacent to an activating group) is 1. The molecule has 4 heteroatoms. The van der Waals surface area contributed by atoms with Crippen molar-refractivity contribution in [3.8, 4) is 5.75 Å². The Bertz CT molecular complexity index is 444. The van der Waals surface area contributed by atoms with Gasteiger partial charge in [-0.1, -0.05) is 37.4 Å². The molecular formula is C16H24ClNO2. The molecule has 0 aromatic heterocycles. The Morgan fingerprint density at radius 2 is 2.00 bits per heavy atom. The molecule has 1 saturated carbocycles. The van der Waals surface area contributed by atoms with E-state index in [0.717, 1.165) is 25.1 Å². The standard InChI is InChI=1S/C16H24ClNO2/c1-4-18-15(16(20-3)9-5-6-10-16)12-7-8-13(17)14(11-12)19-2/h7-8,11,15,18H,4-6,9-10H2,1-3H3. The molecule has 1 aromatic carbocycles. The maximum absolute atomic E-state index is 6.13. The predicted octanol–water partition coefficient (Wildman–Crippen LogP) is 3.96. The van der Waals surface area contributed by atoms with Gasteiger partial charge in [0.2, 0.25) is 0 Å². The second kappa shape index (κ2) is 6.79. The molecule has 1 N–H and O–H groups in total. The van der Waals surface area contributed by atoms with Gasteiger partial charge >= 0.3 is 0 Å². The van der Waals surface area contributed by atoms with Crippen molar-refractivity contribution in [2.75, 3.05) is 20.8 Å². The van der Waals surface area contributed by atoms with E-state index in [-0.39, 0.29) is 11.6 Å². The minimum Gasteiger partial charge on any atom is -0.495 e. The highest BCUT2D eigenvalue weighted by Gasteiger charge is 2.42. The van der Waals surface area contributed by atoms with Crippen molar-refractivity contribution in [3.63, 3.8) is 0 Å². The van der Waals surface area contributed by atoms with Crippen LogP contribution in [0.2, 0.25) is 5.02 Å². The Morgan fingerprint density at radius 1 is 1.30 bits per heavy atom. The summed E-state index contributed by atoms with van der Waals surface area (Å²) in [5.74, 6) is 0.719. The van der Waals surface area contributed by atoms with Crippen molar-refractivity contribution in [2.24, 2.45) is 0 Å². The van der Waals surface area contributed by atoms with E-state index in [1.54, 1.807) is 7.11 Å². The fourth-order valence-corrected chi connectivity index (χ4v) is 3.45. The first kappa shape index (κ1) is 15.6. The van der Waals surface area contributed by atoms with Crippen LogP contribution in [0.4, 0.5) is 0 Å². The highest BCUT2D eigenvalue weighted by Crippen LogP contribution is 2.43. The molecule has 1 unspecified atom stereocenters. The summed E-state index contributed by atoms with van der Waals surface area (Å²) in [6, 6.07) is 6.16. The van der Waals surface area contributed by atoms with Crippen molar-refractivity contribution >= 4 is 11.6 Å². The average Bonchev–Trinajstić information content (AvgIpc) is 2.95. The second-order valence-electron chi connectivity index (χ2n) is 5.36. The van der Waals surface area contributed by atoms with E-state index < -0.39 is 0 Å². The topological polar surface area (TPSA) is 30.5 Å². The van der Waals surface area contributed by atoms with Gasteiger partial charge in [-0.15, -0.1) is 0 Å². The molecule has 3 nitrogen and oxygen atoms in total. The summed E-state index contributed by atoms with van der Waals surface area (Å²) in [5.41, 5.74) is 1.06. The molecule has 1 fully saturated rings. The number of methoxy groups -OCH3 is 2. The van der Waals surface area contributed by atoms with E-state index in [9.17, 15) is 0 Å². The smallest absolute Gasteiger partial charge is 0.137 e. The minimum atomic E-state index is -0.116. The van der Waals surface area contributed by atoms with Gasteiger partial charge in [0.15, 0.2) is 0 Å². The van der Waals surface area contributed by atoms with Crippen molar-refractivity contribution < 1.29 is 9.47 Å². The van der Waals surface area contributed by atoms with Crippen molar-refractivity contribution in [2.45, 2.75) is 44.2 Å². The predicted molar refractivity (Wildman–Crippen MR) is 82.6 cm³/mol. The molecular weight excluding hydrogens is 274 g/mol. The maximum atomic E-state index is 6.13. The van der Waals surface area contributed by atoms with E-state index >= 15 is 0 Å². The third-order valence-corrected chi connectivity index (χ3v) is 4.61. The molecule has 2 rings (SSSR count). The lowest BCUT2D eigenvalue weighted by atomic mass is 9.86. The van der Waals surface area contributed by atoms with Gasteiger partial charge in [0.05, 0.1) is 23.8 Å². The number of nitrogens with one attached hydrogen (secondary N) is 1. The lowest BCUT2D eigenvalue weighted by Crippen LogP contribution is -2.43. The Morgan fingerprint density at radius 3 is 2.55 bits per heavy atom. The van der Waals surface area contributed by atoms with Crippen LogP contribution in [0, 0.1) is 0 Å². The summed E-state index contributed by atoms with van der Waals surface area (Å²) in [4.78, 5) is 0. The van der Waals surface area contributed by atoms with Crippen molar-refractivity contribution in [1.29, 1.82) is 0 Å². The van der Waals surface area contributed by atoms with E-state index in [4.69, 9.17) is 21.1 Å². The third-order valence-electron chi connectivity index (χ3n) is 4.30. The number of hydrogen-bond donors (Lipinski definition) is 1. The van der Waals surface area contributed by atoms with E-state index in [1.807, 2.05) is 19.2 Å². The van der Waals surface area contributed by atoms with Crippen LogP contribution in [0.5, 0.6) is 5.75 Å². The van der Waals surface area contributed by atoms with Crippen LogP contribution >= 0.6 is 11.6 Å². The van der Waals surface area contributed by atoms with Gasteiger partial charge in [0.1, 0.15) is 5.75 Å². The Hall–Kier alpha value is -0.770. The van der Waals surface area contributed by atoms with Gasteiger partial charge in [-0.25, -0.2) is 0 Å². The van der Waals surface area contributed by atoms with Crippen LogP contribution in [0.3, 0.4) is 0 Å². The Balaban J connectivity index is 2.37. The van der Waals surface area contributed by atoms with E-state index in [0.29, 0.717) is 5.02 Å². The lowest BCUT2D eigenvalue weighted by molar-refractivity contribution is -0.0364. The maximum Gasteiger partial charge on any atom is 0.137 e. The first-order chi connectivity index (χ1) is 9.66. The highest BCUT2D eigenvalue weighted by atomic mass is 35.5. The SMILES string of the molecule is CCNC(c1ccc(Cl)c(OC)c1)C1(OC)CCCC1. The summed E-state index contributed by atoms with van der Waals surface area (Å²) in [6.07, 6.45) is 4.62. The number of benzene rings is 1. The summed E-state index contributed by atoms with van der Waals surface area (Å²) >= 11 is 6.13. The molecule has 0 aliphatic heterocycles. The first-order valence-corrected chi connectivity index (χ1v) is 7.66. The van der Waals surface area contributed by atoms with Crippen LogP contribution in [0.15, 0.2) is 18.2 Å². The van der Waals surface area contributed by atoms with Crippen molar-refractivity contribution in [1.82, 2.24) is 5.32 Å². The molecule has 0 saturated heterocycles. The number of rotatable bonds is 6. The summed E-state index contributed by atoms with van der Waals surface area (Å²) in [5, 5.41) is 4.22. The van der Waals surface area contributed by atoms with E-state index in [2.05, 4.69) is 18.3 Å².